The molecule has 1 aromatic heterocycles. The van der Waals surface area contributed by atoms with Gasteiger partial charge in [-0.25, -0.2) is 9.07 Å². The predicted octanol–water partition coefficient (Wildman–Crippen LogP) is 3.64. The predicted molar refractivity (Wildman–Crippen MR) is 110 cm³/mol. The normalized spacial score (nSPS) is 10.9. The molecule has 0 saturated heterocycles. The number of aryl methyl sites for hydroxylation is 1. The third-order valence-corrected chi connectivity index (χ3v) is 4.46. The van der Waals surface area contributed by atoms with Gasteiger partial charge in [0.25, 0.3) is 5.91 Å². The molecule has 2 N–H and O–H groups in total. The smallest absolute Gasteiger partial charge is 0.251 e. The van der Waals surface area contributed by atoms with Crippen LogP contribution in [-0.4, -0.2) is 28.6 Å². The highest BCUT2D eigenvalue weighted by Gasteiger charge is 2.11. The molecule has 2 amide bonds. The highest BCUT2D eigenvalue weighted by atomic mass is 19.1. The van der Waals surface area contributed by atoms with E-state index in [1.807, 2.05) is 13.8 Å². The van der Waals surface area contributed by atoms with Crippen LogP contribution in [0.2, 0.25) is 0 Å². The zero-order chi connectivity index (χ0) is 21.0. The van der Waals surface area contributed by atoms with Crippen LogP contribution in [-0.2, 0) is 4.79 Å². The van der Waals surface area contributed by atoms with E-state index in [0.29, 0.717) is 11.3 Å². The zero-order valence-electron chi connectivity index (χ0n) is 16.4. The van der Waals surface area contributed by atoms with Crippen LogP contribution < -0.4 is 10.6 Å². The van der Waals surface area contributed by atoms with Gasteiger partial charge in [0, 0.05) is 35.6 Å². The van der Waals surface area contributed by atoms with Crippen molar-refractivity contribution in [3.8, 4) is 5.69 Å². The molecule has 3 aromatic rings. The Hall–Kier alpha value is -3.74. The van der Waals surface area contributed by atoms with Crippen molar-refractivity contribution >= 4 is 23.6 Å². The number of aromatic nitrogens is 2. The molecule has 7 heteroatoms. The Morgan fingerprint density at radius 2 is 1.69 bits per heavy atom. The monoisotopic (exact) mass is 392 g/mol. The van der Waals surface area contributed by atoms with Crippen molar-refractivity contribution in [1.29, 1.82) is 0 Å². The van der Waals surface area contributed by atoms with Crippen LogP contribution in [0.1, 0.15) is 27.3 Å². The third-order valence-electron chi connectivity index (χ3n) is 4.46. The highest BCUT2D eigenvalue weighted by molar-refractivity contribution is 6.02. The largest absolute Gasteiger partial charge is 0.355 e. The molecule has 0 fully saturated rings. The Morgan fingerprint density at radius 3 is 2.31 bits per heavy atom. The van der Waals surface area contributed by atoms with E-state index in [9.17, 15) is 14.0 Å². The van der Waals surface area contributed by atoms with Crippen LogP contribution in [0.15, 0.2) is 54.6 Å². The van der Waals surface area contributed by atoms with Gasteiger partial charge in [-0.1, -0.05) is 0 Å². The van der Waals surface area contributed by atoms with Crippen LogP contribution in [0.4, 0.5) is 10.1 Å². The van der Waals surface area contributed by atoms with Crippen LogP contribution in [0, 0.1) is 19.7 Å². The minimum atomic E-state index is -0.310. The summed E-state index contributed by atoms with van der Waals surface area (Å²) in [7, 11) is 1.56. The molecule has 1 heterocycles. The molecular formula is C22H21FN4O2. The maximum Gasteiger partial charge on any atom is 0.251 e. The van der Waals surface area contributed by atoms with Gasteiger partial charge in [0.05, 0.1) is 11.4 Å². The first-order chi connectivity index (χ1) is 13.9. The van der Waals surface area contributed by atoms with Crippen molar-refractivity contribution in [3.05, 3.63) is 82.9 Å². The number of carbonyl (C=O) groups excluding carboxylic acids is 2. The number of halogens is 1. The van der Waals surface area contributed by atoms with Crippen molar-refractivity contribution in [2.24, 2.45) is 0 Å². The van der Waals surface area contributed by atoms with Crippen molar-refractivity contribution in [3.63, 3.8) is 0 Å². The molecule has 0 bridgehead atoms. The molecule has 3 rings (SSSR count). The number of carbonyl (C=O) groups is 2. The van der Waals surface area contributed by atoms with E-state index in [-0.39, 0.29) is 17.6 Å². The molecule has 0 radical (unpaired) electrons. The van der Waals surface area contributed by atoms with Crippen LogP contribution >= 0.6 is 0 Å². The zero-order valence-corrected chi connectivity index (χ0v) is 16.4. The van der Waals surface area contributed by atoms with Crippen molar-refractivity contribution in [2.45, 2.75) is 13.8 Å². The van der Waals surface area contributed by atoms with Crippen LogP contribution in [0.3, 0.4) is 0 Å². The first kappa shape index (κ1) is 20.0. The van der Waals surface area contributed by atoms with Gasteiger partial charge in [-0.3, -0.25) is 9.59 Å². The number of benzene rings is 2. The summed E-state index contributed by atoms with van der Waals surface area (Å²) in [4.78, 5) is 23.8. The lowest BCUT2D eigenvalue weighted by atomic mass is 10.1. The molecule has 0 atom stereocenters. The molecule has 0 spiro atoms. The number of nitrogens with zero attached hydrogens (tertiary/aromatic N) is 2. The SMILES string of the molecule is CNC(=O)c1ccc(NC(=O)/C=C/c2c(C)nn(-c3ccc(F)cc3)c2C)cc1. The van der Waals surface area contributed by atoms with Crippen LogP contribution in [0.25, 0.3) is 11.8 Å². The van der Waals surface area contributed by atoms with Crippen LogP contribution in [0.5, 0.6) is 0 Å². The summed E-state index contributed by atoms with van der Waals surface area (Å²) in [5.41, 5.74) is 4.26. The van der Waals surface area contributed by atoms with Gasteiger partial charge in [-0.15, -0.1) is 0 Å². The average Bonchev–Trinajstić information content (AvgIpc) is 3.00. The second-order valence-electron chi connectivity index (χ2n) is 6.45. The number of hydrogen-bond acceptors (Lipinski definition) is 3. The molecule has 6 nitrogen and oxygen atoms in total. The molecule has 0 unspecified atom stereocenters. The van der Waals surface area contributed by atoms with Gasteiger partial charge in [-0.05, 0) is 68.5 Å². The van der Waals surface area contributed by atoms with E-state index in [4.69, 9.17) is 0 Å². The lowest BCUT2D eigenvalue weighted by Gasteiger charge is -2.05. The van der Waals surface area contributed by atoms with Crippen molar-refractivity contribution in [2.75, 3.05) is 12.4 Å². The topological polar surface area (TPSA) is 76.0 Å². The summed E-state index contributed by atoms with van der Waals surface area (Å²) in [6.07, 6.45) is 3.13. The Morgan fingerprint density at radius 1 is 1.03 bits per heavy atom. The fourth-order valence-electron chi connectivity index (χ4n) is 2.92. The third kappa shape index (κ3) is 4.57. The summed E-state index contributed by atoms with van der Waals surface area (Å²) in [6, 6.07) is 12.7. The van der Waals surface area contributed by atoms with E-state index in [1.165, 1.54) is 18.2 Å². The number of nitrogens with one attached hydrogen (secondary N) is 2. The number of amides is 2. The summed E-state index contributed by atoms with van der Waals surface area (Å²) in [5, 5.41) is 9.78. The summed E-state index contributed by atoms with van der Waals surface area (Å²) in [6.45, 7) is 3.74. The van der Waals surface area contributed by atoms with Gasteiger partial charge in [-0.2, -0.15) is 5.10 Å². The van der Waals surface area contributed by atoms with Crippen molar-refractivity contribution in [1.82, 2.24) is 15.1 Å². The molecular weight excluding hydrogens is 371 g/mol. The van der Waals surface area contributed by atoms with Gasteiger partial charge in [0.2, 0.25) is 5.91 Å². The Kier molecular flexibility index (Phi) is 5.87. The lowest BCUT2D eigenvalue weighted by molar-refractivity contribution is -0.111. The molecule has 29 heavy (non-hydrogen) atoms. The lowest BCUT2D eigenvalue weighted by Crippen LogP contribution is -2.17. The molecule has 0 saturated carbocycles. The maximum atomic E-state index is 13.2. The fourth-order valence-corrected chi connectivity index (χ4v) is 2.92. The maximum absolute atomic E-state index is 13.2. The number of anilines is 1. The number of hydrogen-bond donors (Lipinski definition) is 2. The van der Waals surface area contributed by atoms with E-state index in [0.717, 1.165) is 22.6 Å². The average molecular weight is 392 g/mol. The fraction of sp³-hybridized carbons (Fsp3) is 0.136. The Balaban J connectivity index is 1.73. The quantitative estimate of drug-likeness (QED) is 0.651. The van der Waals surface area contributed by atoms with Gasteiger partial charge in [0.1, 0.15) is 5.82 Å². The van der Waals surface area contributed by atoms with E-state index >= 15 is 0 Å². The van der Waals surface area contributed by atoms with Gasteiger partial charge in [0.15, 0.2) is 0 Å². The summed E-state index contributed by atoms with van der Waals surface area (Å²) in [5.74, 6) is -0.798. The first-order valence-corrected chi connectivity index (χ1v) is 9.02. The molecule has 0 aliphatic heterocycles. The molecule has 2 aromatic carbocycles. The Bertz CT molecular complexity index is 1070. The van der Waals surface area contributed by atoms with Gasteiger partial charge < -0.3 is 10.6 Å². The minimum absolute atomic E-state index is 0.188. The van der Waals surface area contributed by atoms with E-state index in [2.05, 4.69) is 15.7 Å². The summed E-state index contributed by atoms with van der Waals surface area (Å²) >= 11 is 0. The number of rotatable bonds is 5. The standard InChI is InChI=1S/C22H21FN4O2/c1-14-20(15(2)27(26-14)19-10-6-17(23)7-11-19)12-13-21(28)25-18-8-4-16(5-9-18)22(29)24-3/h4-13H,1-3H3,(H,24,29)(H,25,28)/b13-12+. The second-order valence-corrected chi connectivity index (χ2v) is 6.45. The second kappa shape index (κ2) is 8.52. The minimum Gasteiger partial charge on any atom is -0.355 e. The van der Waals surface area contributed by atoms with Gasteiger partial charge >= 0.3 is 0 Å². The molecule has 148 valence electrons. The highest BCUT2D eigenvalue weighted by Crippen LogP contribution is 2.19. The summed E-state index contributed by atoms with van der Waals surface area (Å²) < 4.78 is 14.9. The van der Waals surface area contributed by atoms with E-state index < -0.39 is 0 Å². The molecule has 0 aliphatic rings. The molecule has 0 aliphatic carbocycles. The van der Waals surface area contributed by atoms with E-state index in [1.54, 1.807) is 54.2 Å². The van der Waals surface area contributed by atoms with Crippen molar-refractivity contribution < 1.29 is 14.0 Å². The Labute approximate surface area is 168 Å². The first-order valence-electron chi connectivity index (χ1n) is 9.02.